The van der Waals surface area contributed by atoms with Crippen LogP contribution in [0.15, 0.2) is 18.5 Å². The SMILES string of the molecule is CCCOc1nc(NC)nc(-c2cncc(C)c2)n1. The van der Waals surface area contributed by atoms with Gasteiger partial charge >= 0.3 is 6.01 Å². The molecule has 0 fully saturated rings. The van der Waals surface area contributed by atoms with Gasteiger partial charge in [0, 0.05) is 25.0 Å². The van der Waals surface area contributed by atoms with Crippen molar-refractivity contribution in [2.75, 3.05) is 19.0 Å². The monoisotopic (exact) mass is 259 g/mol. The molecule has 0 spiro atoms. The summed E-state index contributed by atoms with van der Waals surface area (Å²) in [6, 6.07) is 2.31. The van der Waals surface area contributed by atoms with Crippen molar-refractivity contribution >= 4 is 5.95 Å². The predicted octanol–water partition coefficient (Wildman–Crippen LogP) is 2.07. The first kappa shape index (κ1) is 13.2. The van der Waals surface area contributed by atoms with E-state index < -0.39 is 0 Å². The Morgan fingerprint density at radius 3 is 2.74 bits per heavy atom. The fraction of sp³-hybridized carbons (Fsp3) is 0.385. The van der Waals surface area contributed by atoms with Crippen LogP contribution in [0.2, 0.25) is 0 Å². The molecular formula is C13H17N5O. The van der Waals surface area contributed by atoms with Crippen LogP contribution in [0.5, 0.6) is 6.01 Å². The van der Waals surface area contributed by atoms with E-state index in [-0.39, 0.29) is 0 Å². The molecular weight excluding hydrogens is 242 g/mol. The van der Waals surface area contributed by atoms with Gasteiger partial charge in [-0.1, -0.05) is 6.92 Å². The molecule has 2 aromatic heterocycles. The molecule has 1 N–H and O–H groups in total. The zero-order chi connectivity index (χ0) is 13.7. The molecule has 0 aliphatic carbocycles. The smallest absolute Gasteiger partial charge is 0.321 e. The summed E-state index contributed by atoms with van der Waals surface area (Å²) in [5, 5.41) is 2.91. The Morgan fingerprint density at radius 1 is 1.21 bits per heavy atom. The van der Waals surface area contributed by atoms with E-state index in [1.54, 1.807) is 19.4 Å². The normalized spacial score (nSPS) is 10.3. The number of nitrogens with zero attached hydrogens (tertiary/aromatic N) is 4. The number of pyridine rings is 1. The van der Waals surface area contributed by atoms with E-state index in [1.165, 1.54) is 0 Å². The maximum atomic E-state index is 5.47. The lowest BCUT2D eigenvalue weighted by Crippen LogP contribution is -2.06. The maximum Gasteiger partial charge on any atom is 0.321 e. The number of anilines is 1. The van der Waals surface area contributed by atoms with Crippen molar-refractivity contribution in [3.05, 3.63) is 24.0 Å². The third-order valence-electron chi connectivity index (χ3n) is 2.41. The Balaban J connectivity index is 2.38. The number of aromatic nitrogens is 4. The Kier molecular flexibility index (Phi) is 4.22. The van der Waals surface area contributed by atoms with Crippen molar-refractivity contribution in [3.63, 3.8) is 0 Å². The third-order valence-corrected chi connectivity index (χ3v) is 2.41. The number of hydrogen-bond donors (Lipinski definition) is 1. The topological polar surface area (TPSA) is 72.8 Å². The number of aryl methyl sites for hydroxylation is 1. The van der Waals surface area contributed by atoms with E-state index in [4.69, 9.17) is 4.74 Å². The number of hydrogen-bond acceptors (Lipinski definition) is 6. The van der Waals surface area contributed by atoms with Gasteiger partial charge in [-0.15, -0.1) is 0 Å². The molecule has 0 atom stereocenters. The van der Waals surface area contributed by atoms with Gasteiger partial charge in [-0.3, -0.25) is 4.98 Å². The summed E-state index contributed by atoms with van der Waals surface area (Å²) >= 11 is 0. The highest BCUT2D eigenvalue weighted by Gasteiger charge is 2.09. The van der Waals surface area contributed by atoms with E-state index in [9.17, 15) is 0 Å². The molecule has 0 aliphatic rings. The van der Waals surface area contributed by atoms with Gasteiger partial charge in [-0.05, 0) is 25.0 Å². The van der Waals surface area contributed by atoms with Crippen LogP contribution in [-0.4, -0.2) is 33.6 Å². The lowest BCUT2D eigenvalue weighted by Gasteiger charge is -2.07. The molecule has 2 heterocycles. The van der Waals surface area contributed by atoms with Gasteiger partial charge in [-0.2, -0.15) is 15.0 Å². The maximum absolute atomic E-state index is 5.47. The van der Waals surface area contributed by atoms with Crippen molar-refractivity contribution in [1.29, 1.82) is 0 Å². The summed E-state index contributed by atoms with van der Waals surface area (Å²) in [6.45, 7) is 4.59. The standard InChI is InChI=1S/C13H17N5O/c1-4-5-19-13-17-11(16-12(14-3)18-13)10-6-9(2)7-15-8-10/h6-8H,4-5H2,1-3H3,(H,14,16,17,18). The Hall–Kier alpha value is -2.24. The molecule has 6 heteroatoms. The van der Waals surface area contributed by atoms with Crippen molar-refractivity contribution in [1.82, 2.24) is 19.9 Å². The molecule has 0 unspecified atom stereocenters. The van der Waals surface area contributed by atoms with Crippen LogP contribution in [0.25, 0.3) is 11.4 Å². The highest BCUT2D eigenvalue weighted by Crippen LogP contribution is 2.18. The molecule has 100 valence electrons. The van der Waals surface area contributed by atoms with Gasteiger partial charge in [0.05, 0.1) is 6.61 Å². The molecule has 19 heavy (non-hydrogen) atoms. The summed E-state index contributed by atoms with van der Waals surface area (Å²) < 4.78 is 5.47. The minimum absolute atomic E-state index is 0.331. The minimum atomic E-state index is 0.331. The number of nitrogens with one attached hydrogen (secondary N) is 1. The fourth-order valence-electron chi connectivity index (χ4n) is 1.53. The average molecular weight is 259 g/mol. The van der Waals surface area contributed by atoms with Crippen LogP contribution in [0.3, 0.4) is 0 Å². The first-order valence-electron chi connectivity index (χ1n) is 6.21. The average Bonchev–Trinajstić information content (AvgIpc) is 2.44. The fourth-order valence-corrected chi connectivity index (χ4v) is 1.53. The Morgan fingerprint density at radius 2 is 2.05 bits per heavy atom. The zero-order valence-corrected chi connectivity index (χ0v) is 11.3. The van der Waals surface area contributed by atoms with E-state index >= 15 is 0 Å². The van der Waals surface area contributed by atoms with Gasteiger partial charge in [0.2, 0.25) is 5.95 Å². The van der Waals surface area contributed by atoms with Gasteiger partial charge in [0.25, 0.3) is 0 Å². The van der Waals surface area contributed by atoms with Crippen LogP contribution in [0.1, 0.15) is 18.9 Å². The summed E-state index contributed by atoms with van der Waals surface area (Å²) in [5.74, 6) is 1.04. The molecule has 0 bridgehead atoms. The van der Waals surface area contributed by atoms with Crippen molar-refractivity contribution in [3.8, 4) is 17.4 Å². The molecule has 2 rings (SSSR count). The zero-order valence-electron chi connectivity index (χ0n) is 11.3. The molecule has 0 amide bonds. The molecule has 6 nitrogen and oxygen atoms in total. The molecule has 0 aliphatic heterocycles. The van der Waals surface area contributed by atoms with Gasteiger partial charge < -0.3 is 10.1 Å². The van der Waals surface area contributed by atoms with Crippen LogP contribution >= 0.6 is 0 Å². The van der Waals surface area contributed by atoms with Gasteiger partial charge in [-0.25, -0.2) is 0 Å². The largest absolute Gasteiger partial charge is 0.463 e. The van der Waals surface area contributed by atoms with Crippen LogP contribution in [-0.2, 0) is 0 Å². The molecule has 0 aromatic carbocycles. The Labute approximate surface area is 112 Å². The second kappa shape index (κ2) is 6.08. The van der Waals surface area contributed by atoms with Crippen molar-refractivity contribution < 1.29 is 4.74 Å². The van der Waals surface area contributed by atoms with E-state index in [0.717, 1.165) is 17.5 Å². The molecule has 0 saturated carbocycles. The summed E-state index contributed by atoms with van der Waals surface area (Å²) in [6.07, 6.45) is 4.42. The van der Waals surface area contributed by atoms with Crippen LogP contribution < -0.4 is 10.1 Å². The summed E-state index contributed by atoms with van der Waals surface area (Å²) in [4.78, 5) is 16.9. The first-order valence-corrected chi connectivity index (χ1v) is 6.21. The lowest BCUT2D eigenvalue weighted by atomic mass is 10.2. The number of rotatable bonds is 5. The van der Waals surface area contributed by atoms with Crippen molar-refractivity contribution in [2.24, 2.45) is 0 Å². The van der Waals surface area contributed by atoms with Gasteiger partial charge in [0.15, 0.2) is 5.82 Å². The van der Waals surface area contributed by atoms with E-state index in [1.807, 2.05) is 19.9 Å². The first-order chi connectivity index (χ1) is 9.22. The van der Waals surface area contributed by atoms with Crippen molar-refractivity contribution in [2.45, 2.75) is 20.3 Å². The van der Waals surface area contributed by atoms with Crippen LogP contribution in [0.4, 0.5) is 5.95 Å². The molecule has 0 saturated heterocycles. The number of ether oxygens (including phenoxy) is 1. The molecule has 0 radical (unpaired) electrons. The minimum Gasteiger partial charge on any atom is -0.463 e. The molecule has 2 aromatic rings. The Bertz CT molecular complexity index is 558. The van der Waals surface area contributed by atoms with E-state index in [2.05, 4.69) is 25.3 Å². The third kappa shape index (κ3) is 3.37. The summed E-state index contributed by atoms with van der Waals surface area (Å²) in [5.41, 5.74) is 1.90. The second-order valence-electron chi connectivity index (χ2n) is 4.11. The van der Waals surface area contributed by atoms with Crippen LogP contribution in [0, 0.1) is 6.92 Å². The lowest BCUT2D eigenvalue weighted by molar-refractivity contribution is 0.292. The summed E-state index contributed by atoms with van der Waals surface area (Å²) in [7, 11) is 1.76. The van der Waals surface area contributed by atoms with Gasteiger partial charge in [0.1, 0.15) is 0 Å². The predicted molar refractivity (Wildman–Crippen MR) is 73.1 cm³/mol. The quantitative estimate of drug-likeness (QED) is 0.886. The van der Waals surface area contributed by atoms with E-state index in [0.29, 0.717) is 24.4 Å². The second-order valence-corrected chi connectivity index (χ2v) is 4.11. The highest BCUT2D eigenvalue weighted by atomic mass is 16.5. The highest BCUT2D eigenvalue weighted by molar-refractivity contribution is 5.56.